The second kappa shape index (κ2) is 49.0. The SMILES string of the molecule is CCCCCCC/C=C\C/C=C\CCCCCCCCCCCC(=O)NC(COC1OC(CO)C(O)C(O)C1O)C(O)/C=C/CCCCCCCCCCCCCCCCCCCCCCCC. The molecular weight excluding hydrogens is 851 g/mol. The highest BCUT2D eigenvalue weighted by molar-refractivity contribution is 5.76. The Balaban J connectivity index is 2.23. The second-order valence-corrected chi connectivity index (χ2v) is 20.4. The third-order valence-electron chi connectivity index (χ3n) is 14.0. The fraction of sp³-hybridized carbons (Fsp3) is 0.881. The Kier molecular flexibility index (Phi) is 46.4. The standard InChI is InChI=1S/C59H111NO8/c1-3-5-7-9-11-13-15-17-19-21-23-25-26-27-29-30-32-34-36-38-40-42-44-46-48-53(62)52(51-67-59-58(66)57(65)56(64)54(50-61)68-59)60-55(63)49-47-45-43-41-39-37-35-33-31-28-24-22-20-18-16-14-12-10-8-6-4-2/h16,18,22,24,46,48,52-54,56-59,61-62,64-66H,3-15,17,19-21,23,25-45,47,49-51H2,1-2H3,(H,60,63)/b18-16-,24-22-,48-46+. The van der Waals surface area contributed by atoms with Crippen molar-refractivity contribution in [1.29, 1.82) is 0 Å². The van der Waals surface area contributed by atoms with Gasteiger partial charge in [0.25, 0.3) is 0 Å². The molecule has 68 heavy (non-hydrogen) atoms. The summed E-state index contributed by atoms with van der Waals surface area (Å²) < 4.78 is 11.3. The molecule has 7 atom stereocenters. The Bertz CT molecular complexity index is 1160. The van der Waals surface area contributed by atoms with Crippen molar-refractivity contribution >= 4 is 5.91 Å². The highest BCUT2D eigenvalue weighted by Gasteiger charge is 2.44. The van der Waals surface area contributed by atoms with Crippen molar-refractivity contribution in [2.75, 3.05) is 13.2 Å². The number of hydrogen-bond donors (Lipinski definition) is 6. The van der Waals surface area contributed by atoms with Crippen LogP contribution in [0.5, 0.6) is 0 Å². The monoisotopic (exact) mass is 962 g/mol. The molecular formula is C59H111NO8. The Labute approximate surface area is 419 Å². The molecule has 400 valence electrons. The molecule has 0 aromatic carbocycles. The molecule has 1 heterocycles. The van der Waals surface area contributed by atoms with Gasteiger partial charge >= 0.3 is 0 Å². The van der Waals surface area contributed by atoms with Crippen molar-refractivity contribution in [3.63, 3.8) is 0 Å². The van der Waals surface area contributed by atoms with Gasteiger partial charge in [-0.25, -0.2) is 0 Å². The van der Waals surface area contributed by atoms with Crippen molar-refractivity contribution in [3.8, 4) is 0 Å². The number of carbonyl (C=O) groups is 1. The predicted octanol–water partition coefficient (Wildman–Crippen LogP) is 14.4. The third-order valence-corrected chi connectivity index (χ3v) is 14.0. The summed E-state index contributed by atoms with van der Waals surface area (Å²) in [5.74, 6) is -0.178. The first-order chi connectivity index (χ1) is 33.3. The normalized spacial score (nSPS) is 19.8. The number of allylic oxidation sites excluding steroid dienone is 5. The highest BCUT2D eigenvalue weighted by atomic mass is 16.7. The van der Waals surface area contributed by atoms with Crippen molar-refractivity contribution < 1.29 is 39.8 Å². The van der Waals surface area contributed by atoms with E-state index in [-0.39, 0.29) is 12.5 Å². The lowest BCUT2D eigenvalue weighted by Crippen LogP contribution is -2.60. The maximum atomic E-state index is 13.1. The lowest BCUT2D eigenvalue weighted by atomic mass is 9.99. The molecule has 1 rings (SSSR count). The molecule has 1 saturated heterocycles. The summed E-state index contributed by atoms with van der Waals surface area (Å²) in [5.41, 5.74) is 0. The summed E-state index contributed by atoms with van der Waals surface area (Å²) in [5, 5.41) is 54.5. The number of hydrogen-bond acceptors (Lipinski definition) is 8. The Hall–Kier alpha value is -1.59. The maximum Gasteiger partial charge on any atom is 0.220 e. The molecule has 0 bridgehead atoms. The Morgan fingerprint density at radius 1 is 0.500 bits per heavy atom. The van der Waals surface area contributed by atoms with Crippen LogP contribution in [0.2, 0.25) is 0 Å². The zero-order valence-corrected chi connectivity index (χ0v) is 44.4. The van der Waals surface area contributed by atoms with E-state index in [2.05, 4.69) is 43.5 Å². The lowest BCUT2D eigenvalue weighted by molar-refractivity contribution is -0.302. The van der Waals surface area contributed by atoms with Gasteiger partial charge in [0, 0.05) is 6.42 Å². The van der Waals surface area contributed by atoms with Gasteiger partial charge in [-0.2, -0.15) is 0 Å². The number of carbonyl (C=O) groups excluding carboxylic acids is 1. The summed E-state index contributed by atoms with van der Waals surface area (Å²) >= 11 is 0. The van der Waals surface area contributed by atoms with Gasteiger partial charge in [0.15, 0.2) is 6.29 Å². The molecule has 6 N–H and O–H groups in total. The summed E-state index contributed by atoms with van der Waals surface area (Å²) in [6.45, 7) is 3.80. The highest BCUT2D eigenvalue weighted by Crippen LogP contribution is 2.23. The van der Waals surface area contributed by atoms with E-state index < -0.39 is 49.5 Å². The predicted molar refractivity (Wildman–Crippen MR) is 286 cm³/mol. The minimum absolute atomic E-state index is 0.178. The first-order valence-corrected chi connectivity index (χ1v) is 29.2. The van der Waals surface area contributed by atoms with Crippen LogP contribution in [0.3, 0.4) is 0 Å². The summed E-state index contributed by atoms with van der Waals surface area (Å²) in [4.78, 5) is 13.1. The minimum atomic E-state index is -1.57. The summed E-state index contributed by atoms with van der Waals surface area (Å²) in [7, 11) is 0. The molecule has 0 radical (unpaired) electrons. The fourth-order valence-corrected chi connectivity index (χ4v) is 9.31. The molecule has 1 fully saturated rings. The topological polar surface area (TPSA) is 149 Å². The maximum absolute atomic E-state index is 13.1. The minimum Gasteiger partial charge on any atom is -0.394 e. The van der Waals surface area contributed by atoms with E-state index in [4.69, 9.17) is 9.47 Å². The number of amides is 1. The van der Waals surface area contributed by atoms with Crippen LogP contribution in [-0.2, 0) is 14.3 Å². The molecule has 0 aliphatic carbocycles. The molecule has 9 heteroatoms. The first kappa shape index (κ1) is 64.4. The van der Waals surface area contributed by atoms with Gasteiger partial charge in [0.2, 0.25) is 5.91 Å². The van der Waals surface area contributed by atoms with E-state index in [0.29, 0.717) is 6.42 Å². The van der Waals surface area contributed by atoms with E-state index in [1.165, 1.54) is 212 Å². The smallest absolute Gasteiger partial charge is 0.220 e. The van der Waals surface area contributed by atoms with Crippen molar-refractivity contribution in [2.24, 2.45) is 0 Å². The zero-order chi connectivity index (χ0) is 49.4. The van der Waals surface area contributed by atoms with Crippen molar-refractivity contribution in [3.05, 3.63) is 36.5 Å². The van der Waals surface area contributed by atoms with Crippen LogP contribution in [0.15, 0.2) is 36.5 Å². The summed E-state index contributed by atoms with van der Waals surface area (Å²) in [6, 6.07) is -0.808. The number of ether oxygens (including phenoxy) is 2. The molecule has 9 nitrogen and oxygen atoms in total. The quantitative estimate of drug-likeness (QED) is 0.0261. The molecule has 0 spiro atoms. The molecule has 1 aliphatic heterocycles. The van der Waals surface area contributed by atoms with Gasteiger partial charge in [-0.1, -0.05) is 256 Å². The van der Waals surface area contributed by atoms with E-state index in [1.807, 2.05) is 6.08 Å². The van der Waals surface area contributed by atoms with E-state index >= 15 is 0 Å². The lowest BCUT2D eigenvalue weighted by Gasteiger charge is -2.40. The van der Waals surface area contributed by atoms with Crippen LogP contribution in [-0.4, -0.2) is 87.5 Å². The Morgan fingerprint density at radius 2 is 0.868 bits per heavy atom. The van der Waals surface area contributed by atoms with Crippen LogP contribution in [0, 0.1) is 0 Å². The van der Waals surface area contributed by atoms with Crippen LogP contribution in [0.1, 0.15) is 277 Å². The first-order valence-electron chi connectivity index (χ1n) is 29.2. The van der Waals surface area contributed by atoms with Crippen molar-refractivity contribution in [1.82, 2.24) is 5.32 Å². The zero-order valence-electron chi connectivity index (χ0n) is 44.4. The van der Waals surface area contributed by atoms with Gasteiger partial charge < -0.3 is 40.3 Å². The van der Waals surface area contributed by atoms with Gasteiger partial charge in [-0.05, 0) is 51.4 Å². The average molecular weight is 963 g/mol. The molecule has 0 aromatic heterocycles. The summed E-state index contributed by atoms with van der Waals surface area (Å²) in [6.07, 6.45) is 56.3. The Morgan fingerprint density at radius 3 is 1.26 bits per heavy atom. The van der Waals surface area contributed by atoms with Crippen LogP contribution in [0.4, 0.5) is 0 Å². The third kappa shape index (κ3) is 38.1. The number of aliphatic hydroxyl groups is 5. The van der Waals surface area contributed by atoms with Crippen LogP contribution in [0.25, 0.3) is 0 Å². The van der Waals surface area contributed by atoms with E-state index in [1.54, 1.807) is 6.08 Å². The van der Waals surface area contributed by atoms with Gasteiger partial charge in [-0.15, -0.1) is 0 Å². The number of unbranched alkanes of at least 4 members (excludes halogenated alkanes) is 36. The number of nitrogens with one attached hydrogen (secondary N) is 1. The molecule has 7 unspecified atom stereocenters. The molecule has 1 aliphatic rings. The average Bonchev–Trinajstić information content (AvgIpc) is 3.34. The van der Waals surface area contributed by atoms with E-state index in [0.717, 1.165) is 44.9 Å². The molecule has 0 aromatic rings. The van der Waals surface area contributed by atoms with E-state index in [9.17, 15) is 30.3 Å². The van der Waals surface area contributed by atoms with Gasteiger partial charge in [-0.3, -0.25) is 4.79 Å². The number of aliphatic hydroxyl groups excluding tert-OH is 5. The van der Waals surface area contributed by atoms with Gasteiger partial charge in [0.1, 0.15) is 24.4 Å². The fourth-order valence-electron chi connectivity index (χ4n) is 9.31. The second-order valence-electron chi connectivity index (χ2n) is 20.4. The molecule has 1 amide bonds. The van der Waals surface area contributed by atoms with Crippen LogP contribution >= 0.6 is 0 Å². The van der Waals surface area contributed by atoms with Gasteiger partial charge in [0.05, 0.1) is 25.4 Å². The largest absolute Gasteiger partial charge is 0.394 e. The number of rotatable bonds is 50. The van der Waals surface area contributed by atoms with Crippen molar-refractivity contribution in [2.45, 2.75) is 320 Å². The molecule has 0 saturated carbocycles. The van der Waals surface area contributed by atoms with Crippen LogP contribution < -0.4 is 5.32 Å².